The van der Waals surface area contributed by atoms with Crippen LogP contribution in [0.1, 0.15) is 20.3 Å². The first kappa shape index (κ1) is 14.1. The standard InChI is InChI=1S/C10H15NO4S2/c1-7(2)6-8(10(12)13)11-17(14,15)9-4-3-5-16-9/h3-5,7-8,11H,6H2,1-2H3,(H,12,13). The Morgan fingerprint density at radius 1 is 1.53 bits per heavy atom. The SMILES string of the molecule is CC(C)CC(NS(=O)(=O)c1cccs1)C(=O)O. The second-order valence-corrected chi connectivity index (χ2v) is 6.96. The smallest absolute Gasteiger partial charge is 0.321 e. The number of carboxylic acid groups (broad SMARTS) is 1. The molecule has 0 bridgehead atoms. The summed E-state index contributed by atoms with van der Waals surface area (Å²) in [5.41, 5.74) is 0. The van der Waals surface area contributed by atoms with Crippen molar-refractivity contribution >= 4 is 27.3 Å². The molecule has 0 amide bonds. The van der Waals surface area contributed by atoms with Gasteiger partial charge in [-0.2, -0.15) is 4.72 Å². The van der Waals surface area contributed by atoms with Crippen molar-refractivity contribution in [2.24, 2.45) is 5.92 Å². The van der Waals surface area contributed by atoms with E-state index in [1.165, 1.54) is 6.07 Å². The minimum absolute atomic E-state index is 0.0992. The van der Waals surface area contributed by atoms with E-state index in [2.05, 4.69) is 4.72 Å². The molecule has 1 rings (SSSR count). The van der Waals surface area contributed by atoms with Crippen LogP contribution in [-0.2, 0) is 14.8 Å². The van der Waals surface area contributed by atoms with Crippen LogP contribution in [0.3, 0.4) is 0 Å². The number of thiophene rings is 1. The molecule has 0 radical (unpaired) electrons. The van der Waals surface area contributed by atoms with E-state index < -0.39 is 22.0 Å². The van der Waals surface area contributed by atoms with Crippen LogP contribution in [0.25, 0.3) is 0 Å². The van der Waals surface area contributed by atoms with Crippen molar-refractivity contribution in [2.75, 3.05) is 0 Å². The van der Waals surface area contributed by atoms with Gasteiger partial charge in [0.2, 0.25) is 0 Å². The number of sulfonamides is 1. The number of hydrogen-bond donors (Lipinski definition) is 2. The molecule has 1 unspecified atom stereocenters. The van der Waals surface area contributed by atoms with Crippen molar-refractivity contribution in [1.82, 2.24) is 4.72 Å². The molecule has 0 aliphatic rings. The van der Waals surface area contributed by atoms with Gasteiger partial charge in [-0.05, 0) is 23.8 Å². The molecule has 0 fully saturated rings. The second kappa shape index (κ2) is 5.61. The van der Waals surface area contributed by atoms with Crippen LogP contribution < -0.4 is 4.72 Å². The van der Waals surface area contributed by atoms with E-state index >= 15 is 0 Å². The van der Waals surface area contributed by atoms with Gasteiger partial charge in [-0.25, -0.2) is 8.42 Å². The summed E-state index contributed by atoms with van der Waals surface area (Å²) in [6, 6.07) is 1.97. The Bertz CT molecular complexity index is 465. The Morgan fingerprint density at radius 2 is 2.18 bits per heavy atom. The zero-order valence-corrected chi connectivity index (χ0v) is 11.2. The highest BCUT2D eigenvalue weighted by Crippen LogP contribution is 2.17. The topological polar surface area (TPSA) is 83.5 Å². The molecule has 0 aliphatic heterocycles. The first-order chi connectivity index (χ1) is 7.83. The summed E-state index contributed by atoms with van der Waals surface area (Å²) >= 11 is 1.06. The fourth-order valence-electron chi connectivity index (χ4n) is 1.33. The summed E-state index contributed by atoms with van der Waals surface area (Å²) in [5.74, 6) is -1.05. The molecule has 0 spiro atoms. The Labute approximate surface area is 105 Å². The van der Waals surface area contributed by atoms with Crippen molar-refractivity contribution in [3.05, 3.63) is 17.5 Å². The third-order valence-electron chi connectivity index (χ3n) is 2.06. The molecule has 0 aliphatic carbocycles. The van der Waals surface area contributed by atoms with Gasteiger partial charge in [0, 0.05) is 0 Å². The van der Waals surface area contributed by atoms with E-state index in [9.17, 15) is 13.2 Å². The molecule has 17 heavy (non-hydrogen) atoms. The lowest BCUT2D eigenvalue weighted by molar-refractivity contribution is -0.139. The molecule has 0 aromatic carbocycles. The number of rotatable bonds is 6. The second-order valence-electron chi connectivity index (χ2n) is 4.07. The summed E-state index contributed by atoms with van der Waals surface area (Å²) in [6.07, 6.45) is 0.264. The van der Waals surface area contributed by atoms with E-state index in [-0.39, 0.29) is 16.5 Å². The first-order valence-electron chi connectivity index (χ1n) is 5.11. The van der Waals surface area contributed by atoms with E-state index in [1.54, 1.807) is 11.4 Å². The lowest BCUT2D eigenvalue weighted by atomic mass is 10.1. The van der Waals surface area contributed by atoms with Crippen molar-refractivity contribution < 1.29 is 18.3 Å². The third-order valence-corrected chi connectivity index (χ3v) is 4.93. The first-order valence-corrected chi connectivity index (χ1v) is 7.48. The van der Waals surface area contributed by atoms with Gasteiger partial charge in [-0.15, -0.1) is 11.3 Å². The molecule has 2 N–H and O–H groups in total. The zero-order chi connectivity index (χ0) is 13.1. The minimum atomic E-state index is -3.72. The van der Waals surface area contributed by atoms with Gasteiger partial charge >= 0.3 is 5.97 Å². The average Bonchev–Trinajstić information content (AvgIpc) is 2.68. The summed E-state index contributed by atoms with van der Waals surface area (Å²) in [5, 5.41) is 10.6. The number of aliphatic carboxylic acids is 1. The number of carbonyl (C=O) groups is 1. The van der Waals surface area contributed by atoms with Gasteiger partial charge in [-0.3, -0.25) is 4.79 Å². The van der Waals surface area contributed by atoms with Gasteiger partial charge < -0.3 is 5.11 Å². The van der Waals surface area contributed by atoms with E-state index in [0.29, 0.717) is 0 Å². The molecular weight excluding hydrogens is 262 g/mol. The quantitative estimate of drug-likeness (QED) is 0.826. The Hall–Kier alpha value is -0.920. The van der Waals surface area contributed by atoms with Gasteiger partial charge in [0.15, 0.2) is 0 Å². The van der Waals surface area contributed by atoms with Crippen molar-refractivity contribution in [3.63, 3.8) is 0 Å². The maximum Gasteiger partial charge on any atom is 0.321 e. The zero-order valence-electron chi connectivity index (χ0n) is 9.58. The lowest BCUT2D eigenvalue weighted by Gasteiger charge is -2.15. The maximum atomic E-state index is 11.8. The molecule has 1 aromatic rings. The lowest BCUT2D eigenvalue weighted by Crippen LogP contribution is -2.41. The Kier molecular flexibility index (Phi) is 4.67. The monoisotopic (exact) mass is 277 g/mol. The molecule has 96 valence electrons. The number of carboxylic acids is 1. The van der Waals surface area contributed by atoms with Crippen LogP contribution in [0.5, 0.6) is 0 Å². The molecule has 5 nitrogen and oxygen atoms in total. The molecular formula is C10H15NO4S2. The largest absolute Gasteiger partial charge is 0.480 e. The van der Waals surface area contributed by atoms with Crippen molar-refractivity contribution in [2.45, 2.75) is 30.5 Å². The van der Waals surface area contributed by atoms with E-state index in [0.717, 1.165) is 11.3 Å². The number of hydrogen-bond acceptors (Lipinski definition) is 4. The molecule has 7 heteroatoms. The highest BCUT2D eigenvalue weighted by atomic mass is 32.2. The predicted octanol–water partition coefficient (Wildman–Crippen LogP) is 1.53. The van der Waals surface area contributed by atoms with Crippen LogP contribution in [0, 0.1) is 5.92 Å². The van der Waals surface area contributed by atoms with Gasteiger partial charge in [0.1, 0.15) is 10.3 Å². The highest BCUT2D eigenvalue weighted by Gasteiger charge is 2.26. The van der Waals surface area contributed by atoms with E-state index in [1.807, 2.05) is 13.8 Å². The van der Waals surface area contributed by atoms with Gasteiger partial charge in [0.05, 0.1) is 0 Å². The van der Waals surface area contributed by atoms with Crippen LogP contribution in [0.15, 0.2) is 21.7 Å². The average molecular weight is 277 g/mol. The van der Waals surface area contributed by atoms with Crippen LogP contribution in [0.2, 0.25) is 0 Å². The summed E-state index contributed by atoms with van der Waals surface area (Å²) in [6.45, 7) is 3.69. The highest BCUT2D eigenvalue weighted by molar-refractivity contribution is 7.91. The van der Waals surface area contributed by atoms with E-state index in [4.69, 9.17) is 5.11 Å². The molecule has 1 heterocycles. The minimum Gasteiger partial charge on any atom is -0.480 e. The summed E-state index contributed by atoms with van der Waals surface area (Å²) < 4.78 is 26.0. The van der Waals surface area contributed by atoms with Gasteiger partial charge in [-0.1, -0.05) is 19.9 Å². The summed E-state index contributed by atoms with van der Waals surface area (Å²) in [7, 11) is -3.72. The maximum absolute atomic E-state index is 11.8. The van der Waals surface area contributed by atoms with Crippen LogP contribution >= 0.6 is 11.3 Å². The van der Waals surface area contributed by atoms with Crippen LogP contribution in [0.4, 0.5) is 0 Å². The predicted molar refractivity (Wildman–Crippen MR) is 65.5 cm³/mol. The van der Waals surface area contributed by atoms with Crippen molar-refractivity contribution in [3.8, 4) is 0 Å². The molecule has 1 atom stereocenters. The molecule has 0 saturated carbocycles. The number of nitrogens with one attached hydrogen (secondary N) is 1. The molecule has 1 aromatic heterocycles. The fraction of sp³-hybridized carbons (Fsp3) is 0.500. The van der Waals surface area contributed by atoms with Crippen molar-refractivity contribution in [1.29, 1.82) is 0 Å². The normalized spacial score (nSPS) is 13.8. The fourth-order valence-corrected chi connectivity index (χ4v) is 3.54. The van der Waals surface area contributed by atoms with Gasteiger partial charge in [0.25, 0.3) is 10.0 Å². The molecule has 0 saturated heterocycles. The summed E-state index contributed by atoms with van der Waals surface area (Å²) in [4.78, 5) is 11.0. The van der Waals surface area contributed by atoms with Crippen LogP contribution in [-0.4, -0.2) is 25.5 Å². The third kappa shape index (κ3) is 4.10. The Balaban J connectivity index is 2.84. The Morgan fingerprint density at radius 3 is 2.59 bits per heavy atom.